The number of ketones is 1. The number of alkyl halides is 3. The molecule has 100 valence electrons. The summed E-state index contributed by atoms with van der Waals surface area (Å²) in [5.74, 6) is -0.0779. The summed E-state index contributed by atoms with van der Waals surface area (Å²) < 4.78 is 36.0. The van der Waals surface area contributed by atoms with Crippen molar-refractivity contribution in [3.05, 3.63) is 35.9 Å². The Labute approximate surface area is 104 Å². The monoisotopic (exact) mass is 259 g/mol. The third-order valence-electron chi connectivity index (χ3n) is 2.47. The maximum Gasteiger partial charge on any atom is 0.390 e. The molecule has 0 N–H and O–H groups in total. The number of carbonyl (C=O) groups excluding carboxylic acids is 1. The number of carbonyl (C=O) groups is 1. The highest BCUT2D eigenvalue weighted by Gasteiger charge is 2.27. The van der Waals surface area contributed by atoms with Crippen molar-refractivity contribution in [2.24, 2.45) is 0 Å². The molecule has 0 atom stereocenters. The van der Waals surface area contributed by atoms with Gasteiger partial charge in [0.05, 0.1) is 13.0 Å². The van der Waals surface area contributed by atoms with Crippen molar-refractivity contribution >= 4 is 5.78 Å². The highest BCUT2D eigenvalue weighted by atomic mass is 19.4. The van der Waals surface area contributed by atoms with Crippen molar-refractivity contribution in [3.8, 4) is 0 Å². The molecule has 0 radical (unpaired) electrons. The van der Waals surface area contributed by atoms with Gasteiger partial charge in [-0.2, -0.15) is 13.2 Å². The number of halogens is 3. The van der Waals surface area contributed by atoms with E-state index in [0.29, 0.717) is 0 Å². The number of likely N-dealkylation sites (N-methyl/N-ethyl adjacent to an activating group) is 1. The van der Waals surface area contributed by atoms with Crippen LogP contribution in [-0.4, -0.2) is 37.0 Å². The quantitative estimate of drug-likeness (QED) is 0.783. The van der Waals surface area contributed by atoms with Crippen LogP contribution in [0.5, 0.6) is 0 Å². The van der Waals surface area contributed by atoms with Crippen LogP contribution < -0.4 is 0 Å². The molecule has 5 heteroatoms. The number of hydrogen-bond acceptors (Lipinski definition) is 2. The average Bonchev–Trinajstić information content (AvgIpc) is 2.26. The zero-order valence-electron chi connectivity index (χ0n) is 10.2. The van der Waals surface area contributed by atoms with Gasteiger partial charge in [0, 0.05) is 13.0 Å². The lowest BCUT2D eigenvalue weighted by molar-refractivity contribution is -0.138. The molecule has 1 aromatic rings. The standard InChI is InChI=1S/C13H16F3NO/c1-17(8-7-13(14,15)16)10-12(18)9-11-5-3-2-4-6-11/h2-6H,7-10H2,1H3. The van der Waals surface area contributed by atoms with Crippen LogP contribution in [0.4, 0.5) is 13.2 Å². The number of hydrogen-bond donors (Lipinski definition) is 0. The molecule has 0 saturated carbocycles. The van der Waals surface area contributed by atoms with Crippen LogP contribution in [0.25, 0.3) is 0 Å². The van der Waals surface area contributed by atoms with E-state index in [0.717, 1.165) is 5.56 Å². The summed E-state index contributed by atoms with van der Waals surface area (Å²) in [7, 11) is 1.52. The molecule has 1 aromatic carbocycles. The van der Waals surface area contributed by atoms with E-state index in [1.54, 1.807) is 0 Å². The lowest BCUT2D eigenvalue weighted by Gasteiger charge is -2.16. The summed E-state index contributed by atoms with van der Waals surface area (Å²) in [6, 6.07) is 9.16. The Hall–Kier alpha value is -1.36. The second-order valence-electron chi connectivity index (χ2n) is 4.30. The van der Waals surface area contributed by atoms with Crippen LogP contribution in [0.2, 0.25) is 0 Å². The van der Waals surface area contributed by atoms with Crippen molar-refractivity contribution in [1.82, 2.24) is 4.90 Å². The van der Waals surface area contributed by atoms with Gasteiger partial charge in [-0.3, -0.25) is 9.69 Å². The zero-order chi connectivity index (χ0) is 13.6. The van der Waals surface area contributed by atoms with Gasteiger partial charge in [0.2, 0.25) is 0 Å². The van der Waals surface area contributed by atoms with Crippen LogP contribution in [0.3, 0.4) is 0 Å². The molecule has 0 fully saturated rings. The maximum absolute atomic E-state index is 12.0. The van der Waals surface area contributed by atoms with Gasteiger partial charge in [-0.05, 0) is 12.6 Å². The second kappa shape index (κ2) is 6.54. The van der Waals surface area contributed by atoms with Crippen molar-refractivity contribution < 1.29 is 18.0 Å². The van der Waals surface area contributed by atoms with Crippen LogP contribution in [0.15, 0.2) is 30.3 Å². The summed E-state index contributed by atoms with van der Waals surface area (Å²) in [5.41, 5.74) is 0.881. The van der Waals surface area contributed by atoms with Gasteiger partial charge in [0.25, 0.3) is 0 Å². The highest BCUT2D eigenvalue weighted by molar-refractivity contribution is 5.82. The van der Waals surface area contributed by atoms with Crippen molar-refractivity contribution in [2.45, 2.75) is 19.0 Å². The molecular weight excluding hydrogens is 243 g/mol. The first-order valence-electron chi connectivity index (χ1n) is 5.68. The van der Waals surface area contributed by atoms with Crippen molar-refractivity contribution in [3.63, 3.8) is 0 Å². The van der Waals surface area contributed by atoms with E-state index in [1.807, 2.05) is 30.3 Å². The first kappa shape index (κ1) is 14.7. The molecule has 0 amide bonds. The third kappa shape index (κ3) is 6.39. The molecule has 1 rings (SSSR count). The predicted octanol–water partition coefficient (Wildman–Crippen LogP) is 2.68. The molecule has 0 bridgehead atoms. The summed E-state index contributed by atoms with van der Waals surface area (Å²) in [4.78, 5) is 13.0. The number of benzene rings is 1. The van der Waals surface area contributed by atoms with E-state index in [1.165, 1.54) is 11.9 Å². The van der Waals surface area contributed by atoms with Crippen molar-refractivity contribution in [1.29, 1.82) is 0 Å². The number of Topliss-reactive ketones (excluding diaryl/α,β-unsaturated/α-hetero) is 1. The van der Waals surface area contributed by atoms with Gasteiger partial charge in [-0.1, -0.05) is 30.3 Å². The Kier molecular flexibility index (Phi) is 5.34. The first-order valence-corrected chi connectivity index (χ1v) is 5.68. The fraction of sp³-hybridized carbons (Fsp3) is 0.462. The molecule has 0 saturated heterocycles. The fourth-order valence-electron chi connectivity index (χ4n) is 1.58. The minimum atomic E-state index is -4.17. The topological polar surface area (TPSA) is 20.3 Å². The largest absolute Gasteiger partial charge is 0.390 e. The van der Waals surface area contributed by atoms with Crippen molar-refractivity contribution in [2.75, 3.05) is 20.1 Å². The van der Waals surface area contributed by atoms with E-state index >= 15 is 0 Å². The molecule has 0 aromatic heterocycles. The normalized spacial score (nSPS) is 11.8. The number of rotatable bonds is 6. The first-order chi connectivity index (χ1) is 8.37. The van der Waals surface area contributed by atoms with E-state index in [-0.39, 0.29) is 25.3 Å². The molecule has 0 aliphatic carbocycles. The zero-order valence-corrected chi connectivity index (χ0v) is 10.2. The Balaban J connectivity index is 2.32. The fourth-order valence-corrected chi connectivity index (χ4v) is 1.58. The molecule has 18 heavy (non-hydrogen) atoms. The Bertz CT molecular complexity index is 376. The van der Waals surface area contributed by atoms with Gasteiger partial charge >= 0.3 is 6.18 Å². The third-order valence-corrected chi connectivity index (χ3v) is 2.47. The van der Waals surface area contributed by atoms with E-state index < -0.39 is 12.6 Å². The van der Waals surface area contributed by atoms with E-state index in [4.69, 9.17) is 0 Å². The molecule has 0 aliphatic rings. The van der Waals surface area contributed by atoms with Crippen LogP contribution in [-0.2, 0) is 11.2 Å². The van der Waals surface area contributed by atoms with Gasteiger partial charge in [-0.15, -0.1) is 0 Å². The van der Waals surface area contributed by atoms with Gasteiger partial charge in [0.15, 0.2) is 5.78 Å². The summed E-state index contributed by atoms with van der Waals surface area (Å²) in [6.07, 6.45) is -4.80. The molecule has 0 aliphatic heterocycles. The highest BCUT2D eigenvalue weighted by Crippen LogP contribution is 2.19. The molecule has 0 heterocycles. The van der Waals surface area contributed by atoms with Gasteiger partial charge in [0.1, 0.15) is 0 Å². The lowest BCUT2D eigenvalue weighted by atomic mass is 10.1. The molecule has 2 nitrogen and oxygen atoms in total. The minimum absolute atomic E-state index is 0.0466. The predicted molar refractivity (Wildman–Crippen MR) is 63.3 cm³/mol. The Morgan fingerprint density at radius 1 is 1.22 bits per heavy atom. The van der Waals surface area contributed by atoms with Gasteiger partial charge < -0.3 is 0 Å². The SMILES string of the molecule is CN(CCC(F)(F)F)CC(=O)Cc1ccccc1. The minimum Gasteiger partial charge on any atom is -0.299 e. The molecule has 0 spiro atoms. The molecular formula is C13H16F3NO. The Morgan fingerprint density at radius 2 is 1.83 bits per heavy atom. The Morgan fingerprint density at radius 3 is 2.39 bits per heavy atom. The average molecular weight is 259 g/mol. The van der Waals surface area contributed by atoms with Crippen LogP contribution in [0, 0.1) is 0 Å². The molecule has 0 unspecified atom stereocenters. The van der Waals surface area contributed by atoms with E-state index in [9.17, 15) is 18.0 Å². The second-order valence-corrected chi connectivity index (χ2v) is 4.30. The van der Waals surface area contributed by atoms with Crippen LogP contribution in [0.1, 0.15) is 12.0 Å². The summed E-state index contributed by atoms with van der Waals surface area (Å²) in [6.45, 7) is -0.102. The van der Waals surface area contributed by atoms with Gasteiger partial charge in [-0.25, -0.2) is 0 Å². The van der Waals surface area contributed by atoms with E-state index in [2.05, 4.69) is 0 Å². The summed E-state index contributed by atoms with van der Waals surface area (Å²) in [5, 5.41) is 0. The summed E-state index contributed by atoms with van der Waals surface area (Å²) >= 11 is 0. The smallest absolute Gasteiger partial charge is 0.299 e. The lowest BCUT2D eigenvalue weighted by Crippen LogP contribution is -2.30. The maximum atomic E-state index is 12.0. The van der Waals surface area contributed by atoms with Crippen LogP contribution >= 0.6 is 0 Å². The number of nitrogens with zero attached hydrogens (tertiary/aromatic N) is 1.